The van der Waals surface area contributed by atoms with Crippen molar-refractivity contribution in [2.24, 2.45) is 5.92 Å². The number of pyridine rings is 1. The van der Waals surface area contributed by atoms with E-state index >= 15 is 0 Å². The highest BCUT2D eigenvalue weighted by molar-refractivity contribution is 9.10. The quantitative estimate of drug-likeness (QED) is 0.497. The standard InChI is InChI=1S/C20H19Br2ClN2O2S/c1-28(26,27)25-6-4-12(5-7-25)19-18-13(9-16(23)10-17(18)22)2-3-14-8-15(21)11-24-20(14)19/h2-3,8-12,19H,4-7H2,1H3. The van der Waals surface area contributed by atoms with E-state index < -0.39 is 10.0 Å². The summed E-state index contributed by atoms with van der Waals surface area (Å²) in [5.74, 6) is 0.364. The zero-order valence-electron chi connectivity index (χ0n) is 15.2. The third-order valence-corrected chi connectivity index (χ3v) is 8.14. The van der Waals surface area contributed by atoms with Crippen LogP contribution in [0.4, 0.5) is 0 Å². The normalized spacial score (nSPS) is 20.5. The average Bonchev–Trinajstić information content (AvgIpc) is 2.78. The van der Waals surface area contributed by atoms with Crippen LogP contribution in [0.3, 0.4) is 0 Å². The van der Waals surface area contributed by atoms with Gasteiger partial charge in [-0.1, -0.05) is 39.7 Å². The minimum Gasteiger partial charge on any atom is -0.259 e. The predicted octanol–water partition coefficient (Wildman–Crippen LogP) is 5.55. The molecule has 4 rings (SSSR count). The van der Waals surface area contributed by atoms with E-state index in [1.165, 1.54) is 11.8 Å². The maximum Gasteiger partial charge on any atom is 0.211 e. The number of rotatable bonds is 2. The van der Waals surface area contributed by atoms with Crippen LogP contribution < -0.4 is 0 Å². The third-order valence-electron chi connectivity index (χ3n) is 5.53. The SMILES string of the molecule is CS(=O)(=O)N1CCC(C2c3ncc(Br)cc3C=Cc3cc(Cl)cc(Br)c32)CC1. The Morgan fingerprint density at radius 2 is 1.79 bits per heavy atom. The van der Waals surface area contributed by atoms with E-state index in [9.17, 15) is 8.42 Å². The summed E-state index contributed by atoms with van der Waals surface area (Å²) in [6, 6.07) is 5.99. The van der Waals surface area contributed by atoms with Crippen molar-refractivity contribution < 1.29 is 8.42 Å². The number of benzene rings is 1. The molecule has 1 aliphatic carbocycles. The number of hydrogen-bond acceptors (Lipinski definition) is 3. The predicted molar refractivity (Wildman–Crippen MR) is 121 cm³/mol. The fourth-order valence-electron chi connectivity index (χ4n) is 4.25. The van der Waals surface area contributed by atoms with E-state index in [1.54, 1.807) is 4.31 Å². The second kappa shape index (κ2) is 7.84. The Morgan fingerprint density at radius 3 is 2.46 bits per heavy atom. The van der Waals surface area contributed by atoms with Crippen molar-refractivity contribution >= 4 is 65.6 Å². The molecule has 0 radical (unpaired) electrons. The summed E-state index contributed by atoms with van der Waals surface area (Å²) in [6.45, 7) is 1.08. The van der Waals surface area contributed by atoms with E-state index in [0.29, 0.717) is 24.0 Å². The van der Waals surface area contributed by atoms with Gasteiger partial charge >= 0.3 is 0 Å². The molecule has 1 unspecified atom stereocenters. The van der Waals surface area contributed by atoms with Crippen LogP contribution in [0, 0.1) is 5.92 Å². The van der Waals surface area contributed by atoms with Gasteiger partial charge in [0, 0.05) is 39.2 Å². The van der Waals surface area contributed by atoms with Crippen molar-refractivity contribution in [3.05, 3.63) is 60.7 Å². The van der Waals surface area contributed by atoms with Gasteiger partial charge in [0.1, 0.15) is 0 Å². The summed E-state index contributed by atoms with van der Waals surface area (Å²) in [7, 11) is -3.16. The summed E-state index contributed by atoms with van der Waals surface area (Å²) < 4.78 is 27.3. The minimum absolute atomic E-state index is 0.0708. The lowest BCUT2D eigenvalue weighted by molar-refractivity contribution is 0.256. The smallest absolute Gasteiger partial charge is 0.211 e. The van der Waals surface area contributed by atoms with Gasteiger partial charge in [0.05, 0.1) is 11.9 Å². The fourth-order valence-corrected chi connectivity index (χ4v) is 6.55. The van der Waals surface area contributed by atoms with Crippen molar-refractivity contribution in [1.82, 2.24) is 9.29 Å². The maximum atomic E-state index is 11.9. The van der Waals surface area contributed by atoms with Crippen LogP contribution in [0.2, 0.25) is 5.02 Å². The van der Waals surface area contributed by atoms with Crippen LogP contribution in [-0.4, -0.2) is 37.1 Å². The molecule has 4 nitrogen and oxygen atoms in total. The summed E-state index contributed by atoms with van der Waals surface area (Å²) in [6.07, 6.45) is 8.88. The second-order valence-electron chi connectivity index (χ2n) is 7.33. The van der Waals surface area contributed by atoms with E-state index in [1.807, 2.05) is 18.3 Å². The molecule has 1 aliphatic heterocycles. The first-order valence-corrected chi connectivity index (χ1v) is 12.8. The molecule has 2 aromatic rings. The lowest BCUT2D eigenvalue weighted by Crippen LogP contribution is -2.39. The van der Waals surface area contributed by atoms with Gasteiger partial charge in [0.2, 0.25) is 10.0 Å². The average molecular weight is 547 g/mol. The van der Waals surface area contributed by atoms with Crippen molar-refractivity contribution in [2.75, 3.05) is 19.3 Å². The Bertz CT molecular complexity index is 1060. The molecule has 0 amide bonds. The Balaban J connectivity index is 1.81. The number of hydrogen-bond donors (Lipinski definition) is 0. The van der Waals surface area contributed by atoms with E-state index in [2.05, 4.69) is 50.1 Å². The highest BCUT2D eigenvalue weighted by Crippen LogP contribution is 2.46. The first-order chi connectivity index (χ1) is 13.2. The van der Waals surface area contributed by atoms with E-state index in [4.69, 9.17) is 16.6 Å². The molecule has 0 bridgehead atoms. The van der Waals surface area contributed by atoms with Gasteiger partial charge in [-0.05, 0) is 69.6 Å². The molecule has 1 aromatic heterocycles. The van der Waals surface area contributed by atoms with Gasteiger partial charge in [-0.15, -0.1) is 0 Å². The lowest BCUT2D eigenvalue weighted by Gasteiger charge is -2.36. The number of piperidine rings is 1. The molecule has 1 fully saturated rings. The van der Waals surface area contributed by atoms with E-state index in [-0.39, 0.29) is 5.92 Å². The highest BCUT2D eigenvalue weighted by Gasteiger charge is 2.36. The third kappa shape index (κ3) is 3.97. The van der Waals surface area contributed by atoms with Crippen LogP contribution in [0.25, 0.3) is 12.2 Å². The van der Waals surface area contributed by atoms with E-state index in [0.717, 1.165) is 38.6 Å². The first kappa shape index (κ1) is 20.5. The molecule has 28 heavy (non-hydrogen) atoms. The first-order valence-electron chi connectivity index (χ1n) is 9.01. The summed E-state index contributed by atoms with van der Waals surface area (Å²) >= 11 is 13.6. The van der Waals surface area contributed by atoms with Crippen LogP contribution in [0.1, 0.15) is 41.1 Å². The molecule has 148 valence electrons. The zero-order valence-corrected chi connectivity index (χ0v) is 19.9. The number of aromatic nitrogens is 1. The van der Waals surface area contributed by atoms with Gasteiger partial charge in [-0.2, -0.15) is 0 Å². The maximum absolute atomic E-state index is 11.9. The van der Waals surface area contributed by atoms with Crippen molar-refractivity contribution in [3.63, 3.8) is 0 Å². The van der Waals surface area contributed by atoms with Crippen LogP contribution in [-0.2, 0) is 10.0 Å². The summed E-state index contributed by atoms with van der Waals surface area (Å²) in [4.78, 5) is 4.78. The molecule has 1 aromatic carbocycles. The van der Waals surface area contributed by atoms with Crippen molar-refractivity contribution in [3.8, 4) is 0 Å². The lowest BCUT2D eigenvalue weighted by atomic mass is 9.76. The summed E-state index contributed by atoms with van der Waals surface area (Å²) in [5, 5.41) is 0.681. The van der Waals surface area contributed by atoms with Gasteiger partial charge in [-0.3, -0.25) is 4.98 Å². The molecule has 2 heterocycles. The van der Waals surface area contributed by atoms with Gasteiger partial charge in [0.25, 0.3) is 0 Å². The molecular weight excluding hydrogens is 528 g/mol. The molecular formula is C20H19Br2ClN2O2S. The molecule has 8 heteroatoms. The van der Waals surface area contributed by atoms with Crippen molar-refractivity contribution in [2.45, 2.75) is 18.8 Å². The Morgan fingerprint density at radius 1 is 1.11 bits per heavy atom. The fraction of sp³-hybridized carbons (Fsp3) is 0.350. The minimum atomic E-state index is -3.16. The number of nitrogens with zero attached hydrogens (tertiary/aromatic N) is 2. The van der Waals surface area contributed by atoms with Gasteiger partial charge in [-0.25, -0.2) is 12.7 Å². The van der Waals surface area contributed by atoms with Crippen LogP contribution in [0.5, 0.6) is 0 Å². The molecule has 2 aliphatic rings. The largest absolute Gasteiger partial charge is 0.259 e. The zero-order chi connectivity index (χ0) is 20.1. The topological polar surface area (TPSA) is 50.3 Å². The number of fused-ring (bicyclic) bond motifs is 2. The molecule has 1 saturated heterocycles. The number of sulfonamides is 1. The van der Waals surface area contributed by atoms with Crippen LogP contribution in [0.15, 0.2) is 33.3 Å². The Kier molecular flexibility index (Phi) is 5.75. The Hall–Kier alpha value is -0.730. The summed E-state index contributed by atoms with van der Waals surface area (Å²) in [5.41, 5.74) is 4.35. The Labute approximate surface area is 187 Å². The van der Waals surface area contributed by atoms with Crippen LogP contribution >= 0.6 is 43.5 Å². The molecule has 0 N–H and O–H groups in total. The van der Waals surface area contributed by atoms with Gasteiger partial charge < -0.3 is 0 Å². The molecule has 0 spiro atoms. The highest BCUT2D eigenvalue weighted by atomic mass is 79.9. The van der Waals surface area contributed by atoms with Crippen molar-refractivity contribution in [1.29, 1.82) is 0 Å². The molecule has 1 atom stereocenters. The molecule has 0 saturated carbocycles. The number of halogens is 3. The van der Waals surface area contributed by atoms with Gasteiger partial charge in [0.15, 0.2) is 0 Å². The monoisotopic (exact) mass is 544 g/mol. The second-order valence-corrected chi connectivity index (χ2v) is 11.5.